The molecule has 4 aromatic carbocycles. The van der Waals surface area contributed by atoms with Crippen LogP contribution in [0.15, 0.2) is 72.8 Å². The summed E-state index contributed by atoms with van der Waals surface area (Å²) in [6.45, 7) is 0. The molecule has 0 heterocycles. The van der Waals surface area contributed by atoms with Crippen LogP contribution in [0.1, 0.15) is 27.8 Å². The zero-order valence-electron chi connectivity index (χ0n) is 26.6. The first-order valence-corrected chi connectivity index (χ1v) is 14.9. The van der Waals surface area contributed by atoms with Crippen molar-refractivity contribution in [2.45, 2.75) is 25.0 Å². The van der Waals surface area contributed by atoms with Gasteiger partial charge in [0, 0.05) is 24.5 Å². The summed E-state index contributed by atoms with van der Waals surface area (Å²) in [6.07, 6.45) is -1.92. The average molecular weight is 719 g/mol. The number of esters is 2. The Balaban J connectivity index is 1.73. The second kappa shape index (κ2) is 15.9. The lowest BCUT2D eigenvalue weighted by Gasteiger charge is -2.18. The summed E-state index contributed by atoms with van der Waals surface area (Å²) in [7, 11) is 0. The Morgan fingerprint density at radius 2 is 1.06 bits per heavy atom. The summed E-state index contributed by atoms with van der Waals surface area (Å²) >= 11 is 0. The van der Waals surface area contributed by atoms with Crippen molar-refractivity contribution in [1.29, 1.82) is 0 Å². The molecule has 2 atom stereocenters. The Kier molecular flexibility index (Phi) is 11.5. The Morgan fingerprint density at radius 1 is 0.577 bits per heavy atom. The molecule has 0 amide bonds. The number of hydrogen-bond acceptors (Lipinski definition) is 14. The molecule has 0 fully saturated rings. The van der Waals surface area contributed by atoms with E-state index in [1.54, 1.807) is 0 Å². The maximum absolute atomic E-state index is 13.8. The Morgan fingerprint density at radius 3 is 1.56 bits per heavy atom. The smallest absolute Gasteiger partial charge is 0.345 e. The van der Waals surface area contributed by atoms with E-state index in [1.807, 2.05) is 0 Å². The van der Waals surface area contributed by atoms with Crippen molar-refractivity contribution in [2.24, 2.45) is 0 Å². The first-order chi connectivity index (χ1) is 24.5. The maximum Gasteiger partial charge on any atom is 0.345 e. The molecule has 0 aliphatic carbocycles. The molecule has 52 heavy (non-hydrogen) atoms. The van der Waals surface area contributed by atoms with Crippen LogP contribution in [0.25, 0.3) is 17.7 Å². The molecule has 0 unspecified atom stereocenters. The number of hydrogen-bond donors (Lipinski definition) is 10. The number of phenolic OH excluding ortho intramolecular Hbond substituents is 8. The zero-order valence-corrected chi connectivity index (χ0v) is 26.6. The fourth-order valence-corrected chi connectivity index (χ4v) is 4.76. The van der Waals surface area contributed by atoms with E-state index in [-0.39, 0.29) is 22.3 Å². The number of aromatic hydroxyl groups is 8. The van der Waals surface area contributed by atoms with Crippen molar-refractivity contribution in [1.82, 2.24) is 0 Å². The van der Waals surface area contributed by atoms with Crippen molar-refractivity contribution in [3.8, 4) is 46.0 Å². The van der Waals surface area contributed by atoms with Gasteiger partial charge < -0.3 is 60.5 Å². The van der Waals surface area contributed by atoms with Gasteiger partial charge in [0.15, 0.2) is 46.0 Å². The van der Waals surface area contributed by atoms with E-state index < -0.39 is 106 Å². The summed E-state index contributed by atoms with van der Waals surface area (Å²) in [4.78, 5) is 50.5. The SMILES string of the molecule is O=C(C=Cc1ccc(O)c(O)c1/C(=C\c1ccc(O)c(O)c1)C(=O)O[C@H](Cc1ccc(O)c(O)c1)C(=O)O)O[C@H](Cc1ccc(O)c(O)c1)C(=O)O. The van der Waals surface area contributed by atoms with Crippen LogP contribution < -0.4 is 0 Å². The fraction of sp³-hybridized carbons (Fsp3) is 0.111. The standard InChI is InChI=1S/C36H30O16/c37-22-6-1-17(12-26(22)41)11-21(36(50)52-30(35(48)49)16-19-3-8-24(39)28(43)14-19)32-20(4-9-25(40)33(32)45)5-10-31(44)51-29(34(46)47)15-18-2-7-23(38)27(42)13-18/h1-14,29-30,37-43,45H,15-16H2,(H,46,47)(H,48,49)/b10-5?,21-11+/t29-,30-/m1/s1. The predicted octanol–water partition coefficient (Wildman–Crippen LogP) is 3.36. The van der Waals surface area contributed by atoms with Gasteiger partial charge >= 0.3 is 23.9 Å². The maximum atomic E-state index is 13.8. The van der Waals surface area contributed by atoms with Crippen LogP contribution in [0, 0.1) is 0 Å². The van der Waals surface area contributed by atoms with E-state index in [9.17, 15) is 70.2 Å². The van der Waals surface area contributed by atoms with Gasteiger partial charge in [-0.25, -0.2) is 19.2 Å². The molecule has 270 valence electrons. The van der Waals surface area contributed by atoms with Crippen LogP contribution in [-0.4, -0.2) is 87.2 Å². The van der Waals surface area contributed by atoms with Gasteiger partial charge in [0.2, 0.25) is 12.2 Å². The molecule has 0 spiro atoms. The monoisotopic (exact) mass is 718 g/mol. The highest BCUT2D eigenvalue weighted by molar-refractivity contribution is 6.24. The van der Waals surface area contributed by atoms with E-state index >= 15 is 0 Å². The van der Waals surface area contributed by atoms with Crippen molar-refractivity contribution < 1.29 is 79.7 Å². The molecule has 0 aromatic heterocycles. The number of carboxylic acid groups (broad SMARTS) is 2. The Labute approximate surface area is 292 Å². The van der Waals surface area contributed by atoms with Crippen LogP contribution in [0.3, 0.4) is 0 Å². The lowest BCUT2D eigenvalue weighted by molar-refractivity contribution is -0.160. The summed E-state index contributed by atoms with van der Waals surface area (Å²) < 4.78 is 10.3. The highest BCUT2D eigenvalue weighted by atomic mass is 16.6. The molecule has 0 radical (unpaired) electrons. The number of benzene rings is 4. The predicted molar refractivity (Wildman–Crippen MR) is 178 cm³/mol. The number of ether oxygens (including phenoxy) is 2. The molecule has 0 saturated carbocycles. The van der Waals surface area contributed by atoms with E-state index in [4.69, 9.17) is 9.47 Å². The third-order valence-corrected chi connectivity index (χ3v) is 7.37. The van der Waals surface area contributed by atoms with Gasteiger partial charge in [-0.15, -0.1) is 0 Å². The van der Waals surface area contributed by atoms with Crippen molar-refractivity contribution in [2.75, 3.05) is 0 Å². The average Bonchev–Trinajstić information content (AvgIpc) is 3.08. The Bertz CT molecular complexity index is 2100. The second-order valence-electron chi connectivity index (χ2n) is 11.1. The van der Waals surface area contributed by atoms with Crippen LogP contribution in [0.5, 0.6) is 46.0 Å². The summed E-state index contributed by atoms with van der Waals surface area (Å²) in [5.41, 5.74) is -1.03. The minimum absolute atomic E-state index is 0.000712. The lowest BCUT2D eigenvalue weighted by Crippen LogP contribution is -2.29. The molecular weight excluding hydrogens is 688 g/mol. The van der Waals surface area contributed by atoms with Gasteiger partial charge in [-0.2, -0.15) is 0 Å². The van der Waals surface area contributed by atoms with E-state index in [1.165, 1.54) is 18.2 Å². The summed E-state index contributed by atoms with van der Waals surface area (Å²) in [5, 5.41) is 99.3. The van der Waals surface area contributed by atoms with Gasteiger partial charge in [-0.3, -0.25) is 0 Å². The topological polar surface area (TPSA) is 289 Å². The molecule has 0 saturated heterocycles. The van der Waals surface area contributed by atoms with Gasteiger partial charge in [-0.1, -0.05) is 24.3 Å². The number of rotatable bonds is 13. The van der Waals surface area contributed by atoms with Gasteiger partial charge in [0.05, 0.1) is 5.57 Å². The summed E-state index contributed by atoms with van der Waals surface area (Å²) in [6, 6.07) is 12.3. The third kappa shape index (κ3) is 9.20. The molecule has 4 rings (SSSR count). The quantitative estimate of drug-likeness (QED) is 0.0410. The largest absolute Gasteiger partial charge is 0.504 e. The fourth-order valence-electron chi connectivity index (χ4n) is 4.76. The highest BCUT2D eigenvalue weighted by Crippen LogP contribution is 2.39. The van der Waals surface area contributed by atoms with Crippen LogP contribution >= 0.6 is 0 Å². The number of phenols is 8. The number of carbonyl (C=O) groups excluding carboxylic acids is 2. The molecule has 4 aromatic rings. The van der Waals surface area contributed by atoms with Crippen molar-refractivity contribution in [3.05, 3.63) is 101 Å². The molecule has 0 aliphatic heterocycles. The molecule has 16 nitrogen and oxygen atoms in total. The number of carbonyl (C=O) groups is 4. The highest BCUT2D eigenvalue weighted by Gasteiger charge is 2.29. The van der Waals surface area contributed by atoms with Crippen LogP contribution in [-0.2, 0) is 41.5 Å². The van der Waals surface area contributed by atoms with Crippen LogP contribution in [0.2, 0.25) is 0 Å². The Hall–Kier alpha value is -7.36. The molecule has 10 N–H and O–H groups in total. The minimum atomic E-state index is -1.93. The third-order valence-electron chi connectivity index (χ3n) is 7.37. The van der Waals surface area contributed by atoms with E-state index in [0.717, 1.165) is 66.8 Å². The molecule has 0 aliphatic rings. The van der Waals surface area contributed by atoms with Gasteiger partial charge in [0.1, 0.15) is 0 Å². The molecule has 0 bridgehead atoms. The second-order valence-corrected chi connectivity index (χ2v) is 11.1. The first kappa shape index (κ1) is 37.5. The van der Waals surface area contributed by atoms with E-state index in [2.05, 4.69) is 0 Å². The van der Waals surface area contributed by atoms with Crippen molar-refractivity contribution >= 4 is 41.6 Å². The van der Waals surface area contributed by atoms with Crippen LogP contribution in [0.4, 0.5) is 0 Å². The van der Waals surface area contributed by atoms with Crippen molar-refractivity contribution in [3.63, 3.8) is 0 Å². The number of aliphatic carboxylic acids is 2. The van der Waals surface area contributed by atoms with Gasteiger partial charge in [0.25, 0.3) is 0 Å². The number of carboxylic acids is 2. The van der Waals surface area contributed by atoms with Gasteiger partial charge in [-0.05, 0) is 76.9 Å². The molecular formula is C36H30O16. The normalized spacial score (nSPS) is 12.6. The zero-order chi connectivity index (χ0) is 38.3. The minimum Gasteiger partial charge on any atom is -0.504 e. The van der Waals surface area contributed by atoms with E-state index in [0.29, 0.717) is 0 Å². The molecule has 16 heteroatoms. The first-order valence-electron chi connectivity index (χ1n) is 14.9. The summed E-state index contributed by atoms with van der Waals surface area (Å²) in [5.74, 6) is -10.8. The lowest BCUT2D eigenvalue weighted by atomic mass is 9.95.